The number of rotatable bonds is 4. The Morgan fingerprint density at radius 3 is 3.00 bits per heavy atom. The molecule has 66 valence electrons. The third-order valence-corrected chi connectivity index (χ3v) is 3.39. The molecule has 1 saturated carbocycles. The van der Waals surface area contributed by atoms with E-state index in [1.165, 1.54) is 24.8 Å². The van der Waals surface area contributed by atoms with Crippen molar-refractivity contribution in [2.24, 2.45) is 5.92 Å². The minimum Gasteiger partial charge on any atom is -0.152 e. The number of alkyl halides is 1. The molecule has 12 heavy (non-hydrogen) atoms. The quantitative estimate of drug-likeness (QED) is 0.651. The van der Waals surface area contributed by atoms with Crippen LogP contribution in [0.5, 0.6) is 0 Å². The summed E-state index contributed by atoms with van der Waals surface area (Å²) in [6.07, 6.45) is 5.10. The van der Waals surface area contributed by atoms with Gasteiger partial charge in [-0.25, -0.2) is 0 Å². The molecule has 0 amide bonds. The first-order chi connectivity index (χ1) is 5.84. The SMILES string of the molecule is ClC(Cc1ccsc1)CC1CC1. The zero-order valence-electron chi connectivity index (χ0n) is 7.00. The minimum atomic E-state index is 0.368. The third-order valence-electron chi connectivity index (χ3n) is 2.32. The lowest BCUT2D eigenvalue weighted by Crippen LogP contribution is -2.03. The summed E-state index contributed by atoms with van der Waals surface area (Å²) < 4.78 is 0. The fourth-order valence-electron chi connectivity index (χ4n) is 1.46. The minimum absolute atomic E-state index is 0.368. The maximum absolute atomic E-state index is 6.21. The van der Waals surface area contributed by atoms with Gasteiger partial charge in [0.05, 0.1) is 0 Å². The molecular weight excluding hydrogens is 188 g/mol. The van der Waals surface area contributed by atoms with Crippen LogP contribution < -0.4 is 0 Å². The van der Waals surface area contributed by atoms with Gasteiger partial charge in [-0.05, 0) is 41.1 Å². The van der Waals surface area contributed by atoms with Crippen molar-refractivity contribution in [3.05, 3.63) is 22.4 Å². The smallest absolute Gasteiger partial charge is 0.0379 e. The third kappa shape index (κ3) is 2.49. The fraction of sp³-hybridized carbons (Fsp3) is 0.600. The van der Waals surface area contributed by atoms with E-state index in [2.05, 4.69) is 16.8 Å². The van der Waals surface area contributed by atoms with Crippen molar-refractivity contribution in [2.75, 3.05) is 0 Å². The normalized spacial score (nSPS) is 19.4. The maximum Gasteiger partial charge on any atom is 0.0379 e. The standard InChI is InChI=1S/C10H13ClS/c11-10(5-8-1-2-8)6-9-3-4-12-7-9/h3-4,7-8,10H,1-2,5-6H2. The van der Waals surface area contributed by atoms with E-state index < -0.39 is 0 Å². The lowest BCUT2D eigenvalue weighted by atomic mass is 10.1. The second kappa shape index (κ2) is 3.80. The average Bonchev–Trinajstić information content (AvgIpc) is 2.66. The second-order valence-electron chi connectivity index (χ2n) is 3.61. The molecule has 1 unspecified atom stereocenters. The largest absolute Gasteiger partial charge is 0.152 e. The van der Waals surface area contributed by atoms with Crippen LogP contribution in [0.4, 0.5) is 0 Å². The Hall–Kier alpha value is -0.0100. The average molecular weight is 201 g/mol. The first-order valence-electron chi connectivity index (χ1n) is 4.50. The summed E-state index contributed by atoms with van der Waals surface area (Å²) in [6, 6.07) is 2.17. The first-order valence-corrected chi connectivity index (χ1v) is 5.87. The molecular formula is C10H13ClS. The zero-order chi connectivity index (χ0) is 8.39. The van der Waals surface area contributed by atoms with Crippen molar-refractivity contribution >= 4 is 22.9 Å². The Morgan fingerprint density at radius 1 is 1.58 bits per heavy atom. The van der Waals surface area contributed by atoms with Gasteiger partial charge < -0.3 is 0 Å². The summed E-state index contributed by atoms with van der Waals surface area (Å²) in [6.45, 7) is 0. The van der Waals surface area contributed by atoms with E-state index in [9.17, 15) is 0 Å². The van der Waals surface area contributed by atoms with Gasteiger partial charge in [0.25, 0.3) is 0 Å². The Bertz CT molecular complexity index is 226. The van der Waals surface area contributed by atoms with Crippen molar-refractivity contribution in [3.8, 4) is 0 Å². The van der Waals surface area contributed by atoms with Crippen LogP contribution in [0.15, 0.2) is 16.8 Å². The Morgan fingerprint density at radius 2 is 2.42 bits per heavy atom. The molecule has 1 fully saturated rings. The van der Waals surface area contributed by atoms with Crippen molar-refractivity contribution in [2.45, 2.75) is 31.1 Å². The summed E-state index contributed by atoms with van der Waals surface area (Å²) in [5.41, 5.74) is 1.40. The summed E-state index contributed by atoms with van der Waals surface area (Å²) in [5.74, 6) is 0.950. The molecule has 0 spiro atoms. The Kier molecular flexibility index (Phi) is 2.72. The summed E-state index contributed by atoms with van der Waals surface area (Å²) in [5, 5.41) is 4.69. The zero-order valence-corrected chi connectivity index (χ0v) is 8.57. The predicted molar refractivity (Wildman–Crippen MR) is 55.0 cm³/mol. The molecule has 1 atom stereocenters. The van der Waals surface area contributed by atoms with E-state index in [4.69, 9.17) is 11.6 Å². The van der Waals surface area contributed by atoms with Crippen molar-refractivity contribution in [3.63, 3.8) is 0 Å². The van der Waals surface area contributed by atoms with Gasteiger partial charge in [0.15, 0.2) is 0 Å². The van der Waals surface area contributed by atoms with Crippen LogP contribution in [-0.2, 0) is 6.42 Å². The van der Waals surface area contributed by atoms with Crippen molar-refractivity contribution in [1.29, 1.82) is 0 Å². The van der Waals surface area contributed by atoms with Gasteiger partial charge in [-0.2, -0.15) is 11.3 Å². The summed E-state index contributed by atoms with van der Waals surface area (Å²) >= 11 is 7.97. The molecule has 1 aliphatic rings. The van der Waals surface area contributed by atoms with E-state index in [-0.39, 0.29) is 0 Å². The molecule has 1 heterocycles. The molecule has 0 radical (unpaired) electrons. The molecule has 0 bridgehead atoms. The highest BCUT2D eigenvalue weighted by molar-refractivity contribution is 7.07. The molecule has 0 saturated heterocycles. The molecule has 0 N–H and O–H groups in total. The van der Waals surface area contributed by atoms with Crippen LogP contribution in [0.2, 0.25) is 0 Å². The number of hydrogen-bond acceptors (Lipinski definition) is 1. The molecule has 0 aromatic carbocycles. The second-order valence-corrected chi connectivity index (χ2v) is 5.01. The molecule has 2 rings (SSSR count). The van der Waals surface area contributed by atoms with Gasteiger partial charge in [0, 0.05) is 5.38 Å². The highest BCUT2D eigenvalue weighted by atomic mass is 35.5. The number of halogens is 1. The van der Waals surface area contributed by atoms with Crippen LogP contribution in [0.3, 0.4) is 0 Å². The Balaban J connectivity index is 1.77. The fourth-order valence-corrected chi connectivity index (χ4v) is 2.57. The highest BCUT2D eigenvalue weighted by Gasteiger charge is 2.24. The molecule has 1 aromatic rings. The van der Waals surface area contributed by atoms with Crippen molar-refractivity contribution < 1.29 is 0 Å². The highest BCUT2D eigenvalue weighted by Crippen LogP contribution is 2.35. The van der Waals surface area contributed by atoms with E-state index in [0.29, 0.717) is 5.38 Å². The molecule has 1 aliphatic carbocycles. The van der Waals surface area contributed by atoms with Gasteiger partial charge in [-0.1, -0.05) is 12.8 Å². The Labute approximate surface area is 82.6 Å². The summed E-state index contributed by atoms with van der Waals surface area (Å²) in [4.78, 5) is 0. The van der Waals surface area contributed by atoms with Crippen LogP contribution in [0.1, 0.15) is 24.8 Å². The molecule has 1 aromatic heterocycles. The molecule has 0 nitrogen and oxygen atoms in total. The van der Waals surface area contributed by atoms with Crippen LogP contribution in [0.25, 0.3) is 0 Å². The molecule has 2 heteroatoms. The number of thiophene rings is 1. The maximum atomic E-state index is 6.21. The van der Waals surface area contributed by atoms with Gasteiger partial charge in [-0.3, -0.25) is 0 Å². The van der Waals surface area contributed by atoms with E-state index in [1.54, 1.807) is 11.3 Å². The summed E-state index contributed by atoms with van der Waals surface area (Å²) in [7, 11) is 0. The van der Waals surface area contributed by atoms with Crippen molar-refractivity contribution in [1.82, 2.24) is 0 Å². The lowest BCUT2D eigenvalue weighted by Gasteiger charge is -2.05. The van der Waals surface area contributed by atoms with Gasteiger partial charge in [0.2, 0.25) is 0 Å². The monoisotopic (exact) mass is 200 g/mol. The van der Waals surface area contributed by atoms with Gasteiger partial charge in [-0.15, -0.1) is 11.6 Å². The first kappa shape index (κ1) is 8.58. The predicted octanol–water partition coefficient (Wildman–Crippen LogP) is 3.70. The molecule has 0 aliphatic heterocycles. The van der Waals surface area contributed by atoms with E-state index >= 15 is 0 Å². The van der Waals surface area contributed by atoms with Crippen LogP contribution in [-0.4, -0.2) is 5.38 Å². The topological polar surface area (TPSA) is 0 Å². The van der Waals surface area contributed by atoms with Crippen LogP contribution in [0, 0.1) is 5.92 Å². The van der Waals surface area contributed by atoms with Crippen LogP contribution >= 0.6 is 22.9 Å². The lowest BCUT2D eigenvalue weighted by molar-refractivity contribution is 0.675. The van der Waals surface area contributed by atoms with E-state index in [0.717, 1.165) is 12.3 Å². The van der Waals surface area contributed by atoms with E-state index in [1.807, 2.05) is 0 Å². The number of hydrogen-bond donors (Lipinski definition) is 0. The van der Waals surface area contributed by atoms with Gasteiger partial charge >= 0.3 is 0 Å². The van der Waals surface area contributed by atoms with Gasteiger partial charge in [0.1, 0.15) is 0 Å².